The zero-order valence-electron chi connectivity index (χ0n) is 12.6. The molecule has 0 unspecified atom stereocenters. The van der Waals surface area contributed by atoms with Gasteiger partial charge < -0.3 is 9.47 Å². The Balaban J connectivity index is 2.18. The molecule has 2 aliphatic rings. The molecule has 0 amide bonds. The summed E-state index contributed by atoms with van der Waals surface area (Å²) in [5.41, 5.74) is 2.07. The Morgan fingerprint density at radius 2 is 1.84 bits per heavy atom. The van der Waals surface area contributed by atoms with Crippen molar-refractivity contribution in [3.8, 4) is 0 Å². The average Bonchev–Trinajstić information content (AvgIpc) is 2.67. The van der Waals surface area contributed by atoms with Crippen molar-refractivity contribution < 1.29 is 9.47 Å². The van der Waals surface area contributed by atoms with Gasteiger partial charge in [-0.2, -0.15) is 5.10 Å². The summed E-state index contributed by atoms with van der Waals surface area (Å²) in [5, 5.41) is 4.57. The fraction of sp³-hybridized carbons (Fsp3) is 0.800. The van der Waals surface area contributed by atoms with E-state index in [1.165, 1.54) is 11.3 Å². The van der Waals surface area contributed by atoms with Gasteiger partial charge in [-0.3, -0.25) is 4.68 Å². The van der Waals surface area contributed by atoms with Gasteiger partial charge in [0, 0.05) is 0 Å². The topological polar surface area (TPSA) is 36.3 Å². The number of fused-ring (bicyclic) bond motifs is 1. The standard InChI is InChI=1S/C15H24N2O2/c1-10(2)15(11(3)4)13-12(5)6-16-17(13)7-14(19-15)8-18-9-14/h6,10-11H,7-9H2,1-5H3. The Kier molecular flexibility index (Phi) is 2.81. The maximum Gasteiger partial charge on any atom is 0.135 e. The molecule has 1 aromatic rings. The Morgan fingerprint density at radius 1 is 1.21 bits per heavy atom. The SMILES string of the molecule is Cc1cnn2c1C(C(C)C)(C(C)C)OC1(COC1)C2. The molecule has 3 heterocycles. The fourth-order valence-corrected chi connectivity index (χ4v) is 3.75. The van der Waals surface area contributed by atoms with E-state index in [4.69, 9.17) is 9.47 Å². The van der Waals surface area contributed by atoms with Crippen LogP contribution in [0.3, 0.4) is 0 Å². The molecule has 0 atom stereocenters. The van der Waals surface area contributed by atoms with Gasteiger partial charge in [0.05, 0.1) is 31.6 Å². The number of ether oxygens (including phenoxy) is 2. The Bertz CT molecular complexity index is 478. The minimum Gasteiger partial charge on any atom is -0.375 e. The summed E-state index contributed by atoms with van der Waals surface area (Å²) in [6, 6.07) is 0. The molecule has 1 fully saturated rings. The molecule has 19 heavy (non-hydrogen) atoms. The molecule has 0 bridgehead atoms. The second-order valence-corrected chi connectivity index (χ2v) is 6.71. The van der Waals surface area contributed by atoms with Gasteiger partial charge in [-0.15, -0.1) is 0 Å². The third-order valence-corrected chi connectivity index (χ3v) is 4.66. The summed E-state index contributed by atoms with van der Waals surface area (Å²) in [5.74, 6) is 0.804. The number of aryl methyl sites for hydroxylation is 1. The highest BCUT2D eigenvalue weighted by molar-refractivity contribution is 5.28. The molecule has 0 aliphatic carbocycles. The van der Waals surface area contributed by atoms with Gasteiger partial charge in [-0.05, 0) is 24.3 Å². The monoisotopic (exact) mass is 264 g/mol. The summed E-state index contributed by atoms with van der Waals surface area (Å²) in [7, 11) is 0. The molecular weight excluding hydrogens is 240 g/mol. The van der Waals surface area contributed by atoms with Crippen molar-refractivity contribution >= 4 is 0 Å². The number of hydrogen-bond acceptors (Lipinski definition) is 3. The smallest absolute Gasteiger partial charge is 0.135 e. The lowest BCUT2D eigenvalue weighted by Gasteiger charge is -2.55. The van der Waals surface area contributed by atoms with E-state index < -0.39 is 0 Å². The van der Waals surface area contributed by atoms with Crippen molar-refractivity contribution in [2.45, 2.75) is 52.4 Å². The number of hydrogen-bond donors (Lipinski definition) is 0. The highest BCUT2D eigenvalue weighted by Crippen LogP contribution is 2.49. The number of nitrogens with zero attached hydrogens (tertiary/aromatic N) is 2. The lowest BCUT2D eigenvalue weighted by molar-refractivity contribution is -0.309. The Morgan fingerprint density at radius 3 is 2.32 bits per heavy atom. The molecule has 1 aromatic heterocycles. The van der Waals surface area contributed by atoms with Crippen molar-refractivity contribution in [2.24, 2.45) is 11.8 Å². The van der Waals surface area contributed by atoms with Crippen LogP contribution < -0.4 is 0 Å². The second-order valence-electron chi connectivity index (χ2n) is 6.71. The van der Waals surface area contributed by atoms with Gasteiger partial charge in [0.15, 0.2) is 0 Å². The van der Waals surface area contributed by atoms with Crippen LogP contribution in [0.15, 0.2) is 6.20 Å². The van der Waals surface area contributed by atoms with Crippen molar-refractivity contribution in [1.29, 1.82) is 0 Å². The first-order chi connectivity index (χ1) is 8.91. The maximum absolute atomic E-state index is 6.70. The lowest BCUT2D eigenvalue weighted by atomic mass is 9.74. The fourth-order valence-electron chi connectivity index (χ4n) is 3.75. The van der Waals surface area contributed by atoms with Gasteiger partial charge in [0.1, 0.15) is 11.2 Å². The maximum atomic E-state index is 6.70. The van der Waals surface area contributed by atoms with E-state index in [9.17, 15) is 0 Å². The molecule has 4 nitrogen and oxygen atoms in total. The van der Waals surface area contributed by atoms with Crippen molar-refractivity contribution in [1.82, 2.24) is 9.78 Å². The van der Waals surface area contributed by atoms with Crippen LogP contribution in [0.2, 0.25) is 0 Å². The lowest BCUT2D eigenvalue weighted by Crippen LogP contribution is -2.64. The van der Waals surface area contributed by atoms with Crippen LogP contribution in [0.4, 0.5) is 0 Å². The minimum absolute atomic E-state index is 0.167. The first-order valence-corrected chi connectivity index (χ1v) is 7.22. The second kappa shape index (κ2) is 4.06. The largest absolute Gasteiger partial charge is 0.375 e. The summed E-state index contributed by atoms with van der Waals surface area (Å²) in [4.78, 5) is 0. The number of aromatic nitrogens is 2. The molecule has 2 aliphatic heterocycles. The van der Waals surface area contributed by atoms with E-state index >= 15 is 0 Å². The van der Waals surface area contributed by atoms with E-state index in [1.807, 2.05) is 6.20 Å². The summed E-state index contributed by atoms with van der Waals surface area (Å²) >= 11 is 0. The van der Waals surface area contributed by atoms with Crippen LogP contribution in [-0.4, -0.2) is 28.6 Å². The Hall–Kier alpha value is -0.870. The predicted octanol–water partition coefficient (Wildman–Crippen LogP) is 2.50. The molecule has 0 aromatic carbocycles. The van der Waals surface area contributed by atoms with E-state index in [2.05, 4.69) is 44.4 Å². The quantitative estimate of drug-likeness (QED) is 0.823. The molecule has 3 rings (SSSR count). The van der Waals surface area contributed by atoms with Gasteiger partial charge >= 0.3 is 0 Å². The van der Waals surface area contributed by atoms with E-state index in [0.29, 0.717) is 25.0 Å². The van der Waals surface area contributed by atoms with Gasteiger partial charge in [-0.1, -0.05) is 27.7 Å². The van der Waals surface area contributed by atoms with Crippen LogP contribution in [0.1, 0.15) is 39.0 Å². The molecule has 0 radical (unpaired) electrons. The van der Waals surface area contributed by atoms with Crippen molar-refractivity contribution in [2.75, 3.05) is 13.2 Å². The van der Waals surface area contributed by atoms with Crippen LogP contribution in [0, 0.1) is 18.8 Å². The predicted molar refractivity (Wildman–Crippen MR) is 73.0 cm³/mol. The minimum atomic E-state index is -0.261. The molecule has 1 spiro atoms. The zero-order valence-corrected chi connectivity index (χ0v) is 12.6. The molecule has 0 N–H and O–H groups in total. The van der Waals surface area contributed by atoms with Crippen LogP contribution in [0.5, 0.6) is 0 Å². The highest BCUT2D eigenvalue weighted by Gasteiger charge is 2.56. The summed E-state index contributed by atoms with van der Waals surface area (Å²) < 4.78 is 14.3. The molecule has 0 saturated carbocycles. The Labute approximate surface area is 115 Å². The first kappa shape index (κ1) is 13.1. The molecule has 4 heteroatoms. The van der Waals surface area contributed by atoms with Gasteiger partial charge in [0.2, 0.25) is 0 Å². The van der Waals surface area contributed by atoms with E-state index in [1.54, 1.807) is 0 Å². The molecule has 1 saturated heterocycles. The average molecular weight is 264 g/mol. The number of rotatable bonds is 2. The normalized spacial score (nSPS) is 23.7. The first-order valence-electron chi connectivity index (χ1n) is 7.22. The third kappa shape index (κ3) is 1.62. The van der Waals surface area contributed by atoms with Crippen molar-refractivity contribution in [3.05, 3.63) is 17.5 Å². The van der Waals surface area contributed by atoms with Gasteiger partial charge in [0.25, 0.3) is 0 Å². The van der Waals surface area contributed by atoms with Gasteiger partial charge in [-0.25, -0.2) is 0 Å². The third-order valence-electron chi connectivity index (χ3n) is 4.66. The highest BCUT2D eigenvalue weighted by atomic mass is 16.6. The summed E-state index contributed by atoms with van der Waals surface area (Å²) in [6.45, 7) is 13.3. The van der Waals surface area contributed by atoms with E-state index in [0.717, 1.165) is 6.54 Å². The molecule has 106 valence electrons. The molecular formula is C15H24N2O2. The van der Waals surface area contributed by atoms with Crippen molar-refractivity contribution in [3.63, 3.8) is 0 Å². The zero-order chi connectivity index (χ0) is 13.8. The van der Waals surface area contributed by atoms with Crippen LogP contribution in [-0.2, 0) is 21.6 Å². The van der Waals surface area contributed by atoms with Crippen LogP contribution >= 0.6 is 0 Å². The van der Waals surface area contributed by atoms with E-state index in [-0.39, 0.29) is 11.2 Å². The van der Waals surface area contributed by atoms with Crippen LogP contribution in [0.25, 0.3) is 0 Å². The summed E-state index contributed by atoms with van der Waals surface area (Å²) in [6.07, 6.45) is 1.97.